The Kier molecular flexibility index (Phi) is 4.67. The molecule has 4 rings (SSSR count). The van der Waals surface area contributed by atoms with Gasteiger partial charge in [-0.15, -0.1) is 0 Å². The van der Waals surface area contributed by atoms with Gasteiger partial charge in [0.1, 0.15) is 0 Å². The molecule has 0 amide bonds. The van der Waals surface area contributed by atoms with E-state index in [0.29, 0.717) is 5.92 Å². The minimum absolute atomic E-state index is 0.0672. The number of hydrogen-bond donors (Lipinski definition) is 0. The smallest absolute Gasteiger partial charge is 0.250 e. The topological polar surface area (TPSA) is 67.4 Å². The zero-order valence-corrected chi connectivity index (χ0v) is 14.7. The Bertz CT molecular complexity index is 759. The molecule has 2 fully saturated rings. The van der Waals surface area contributed by atoms with Crippen molar-refractivity contribution in [2.24, 2.45) is 0 Å². The van der Waals surface area contributed by atoms with Gasteiger partial charge in [-0.2, -0.15) is 4.98 Å². The van der Waals surface area contributed by atoms with Crippen LogP contribution in [-0.2, 0) is 6.54 Å². The van der Waals surface area contributed by atoms with Gasteiger partial charge in [-0.1, -0.05) is 11.2 Å². The van der Waals surface area contributed by atoms with E-state index in [1.807, 2.05) is 12.3 Å². The van der Waals surface area contributed by atoms with Crippen molar-refractivity contribution in [2.45, 2.75) is 38.3 Å². The molecular formula is C18H25N5O2. The van der Waals surface area contributed by atoms with Gasteiger partial charge in [0.05, 0.1) is 6.04 Å². The summed E-state index contributed by atoms with van der Waals surface area (Å²) >= 11 is 0. The maximum Gasteiger partial charge on any atom is 0.250 e. The Morgan fingerprint density at radius 2 is 2.00 bits per heavy atom. The molecule has 0 spiro atoms. The van der Waals surface area contributed by atoms with Crippen LogP contribution >= 0.6 is 0 Å². The second kappa shape index (κ2) is 7.09. The summed E-state index contributed by atoms with van der Waals surface area (Å²) in [7, 11) is 0. The van der Waals surface area contributed by atoms with Crippen molar-refractivity contribution in [3.63, 3.8) is 0 Å². The highest BCUT2D eigenvalue weighted by atomic mass is 16.5. The molecule has 1 aliphatic carbocycles. The van der Waals surface area contributed by atoms with Crippen LogP contribution < -0.4 is 5.56 Å². The second-order valence-electron chi connectivity index (χ2n) is 7.05. The summed E-state index contributed by atoms with van der Waals surface area (Å²) < 4.78 is 7.24. The van der Waals surface area contributed by atoms with E-state index >= 15 is 0 Å². The van der Waals surface area contributed by atoms with Crippen LogP contribution in [0.5, 0.6) is 0 Å². The third-order valence-electron chi connectivity index (χ3n) is 5.27. The molecule has 1 saturated carbocycles. The lowest BCUT2D eigenvalue weighted by atomic mass is 10.2. The molecule has 25 heavy (non-hydrogen) atoms. The van der Waals surface area contributed by atoms with Gasteiger partial charge in [0.25, 0.3) is 5.56 Å². The summed E-state index contributed by atoms with van der Waals surface area (Å²) in [6.45, 7) is 7.73. The number of piperazine rings is 1. The van der Waals surface area contributed by atoms with Crippen LogP contribution in [0.15, 0.2) is 33.7 Å². The highest BCUT2D eigenvalue weighted by Crippen LogP contribution is 2.38. The molecular weight excluding hydrogens is 318 g/mol. The van der Waals surface area contributed by atoms with Crippen LogP contribution in [0, 0.1) is 0 Å². The minimum atomic E-state index is 0.0672. The van der Waals surface area contributed by atoms with Crippen LogP contribution in [0.2, 0.25) is 0 Å². The zero-order valence-electron chi connectivity index (χ0n) is 14.7. The van der Waals surface area contributed by atoms with Crippen LogP contribution in [0.25, 0.3) is 0 Å². The standard InChI is InChI=1S/C18H25N5O2/c1-14(18-19-17(20-25-18)15-5-6-15)22-11-8-21(9-12-22)10-13-23-7-3-2-4-16(23)24/h2-4,7,14-15H,5-6,8-13H2,1H3/t14-/m0/s1. The van der Waals surface area contributed by atoms with Gasteiger partial charge in [-0.3, -0.25) is 14.6 Å². The molecule has 0 N–H and O–H groups in total. The number of hydrogen-bond acceptors (Lipinski definition) is 6. The fraction of sp³-hybridized carbons (Fsp3) is 0.611. The van der Waals surface area contributed by atoms with E-state index in [-0.39, 0.29) is 11.6 Å². The van der Waals surface area contributed by atoms with Crippen LogP contribution in [0.1, 0.15) is 43.4 Å². The first-order chi connectivity index (χ1) is 12.2. The average molecular weight is 343 g/mol. The van der Waals surface area contributed by atoms with Gasteiger partial charge in [0, 0.05) is 57.4 Å². The van der Waals surface area contributed by atoms with Crippen molar-refractivity contribution in [1.82, 2.24) is 24.5 Å². The van der Waals surface area contributed by atoms with Crippen molar-refractivity contribution in [2.75, 3.05) is 32.7 Å². The molecule has 2 aromatic rings. The molecule has 1 atom stereocenters. The first-order valence-corrected chi connectivity index (χ1v) is 9.16. The van der Waals surface area contributed by atoms with Gasteiger partial charge in [-0.25, -0.2) is 0 Å². The van der Waals surface area contributed by atoms with Gasteiger partial charge in [0.15, 0.2) is 5.82 Å². The molecule has 134 valence electrons. The Morgan fingerprint density at radius 3 is 2.72 bits per heavy atom. The molecule has 0 radical (unpaired) electrons. The fourth-order valence-electron chi connectivity index (χ4n) is 3.35. The molecule has 7 nitrogen and oxygen atoms in total. The molecule has 0 bridgehead atoms. The summed E-state index contributed by atoms with van der Waals surface area (Å²) in [4.78, 5) is 21.1. The normalized spacial score (nSPS) is 20.7. The molecule has 1 aliphatic heterocycles. The monoisotopic (exact) mass is 343 g/mol. The first kappa shape index (κ1) is 16.5. The third kappa shape index (κ3) is 3.82. The van der Waals surface area contributed by atoms with E-state index in [1.165, 1.54) is 12.8 Å². The minimum Gasteiger partial charge on any atom is -0.338 e. The lowest BCUT2D eigenvalue weighted by molar-refractivity contribution is 0.0863. The van der Waals surface area contributed by atoms with Crippen molar-refractivity contribution in [3.8, 4) is 0 Å². The molecule has 2 aromatic heterocycles. The lowest BCUT2D eigenvalue weighted by Gasteiger charge is -2.36. The highest BCUT2D eigenvalue weighted by Gasteiger charge is 2.31. The van der Waals surface area contributed by atoms with Crippen molar-refractivity contribution in [3.05, 3.63) is 46.5 Å². The zero-order chi connectivity index (χ0) is 17.2. The van der Waals surface area contributed by atoms with Gasteiger partial charge >= 0.3 is 0 Å². The number of pyridine rings is 1. The van der Waals surface area contributed by atoms with Crippen molar-refractivity contribution in [1.29, 1.82) is 0 Å². The van der Waals surface area contributed by atoms with Gasteiger partial charge in [0.2, 0.25) is 5.89 Å². The predicted octanol–water partition coefficient (Wildman–Crippen LogP) is 1.49. The summed E-state index contributed by atoms with van der Waals surface area (Å²) in [5.74, 6) is 2.16. The SMILES string of the molecule is C[C@@H](c1nc(C2CC2)no1)N1CCN(CCn2ccccc2=O)CC1. The molecule has 0 aromatic carbocycles. The van der Waals surface area contributed by atoms with Crippen molar-refractivity contribution < 1.29 is 4.52 Å². The molecule has 3 heterocycles. The van der Waals surface area contributed by atoms with E-state index in [9.17, 15) is 4.79 Å². The Balaban J connectivity index is 1.27. The Morgan fingerprint density at radius 1 is 1.20 bits per heavy atom. The number of nitrogens with zero attached hydrogens (tertiary/aromatic N) is 5. The van der Waals surface area contributed by atoms with Gasteiger partial charge < -0.3 is 9.09 Å². The average Bonchev–Trinajstić information content (AvgIpc) is 3.38. The van der Waals surface area contributed by atoms with E-state index < -0.39 is 0 Å². The first-order valence-electron chi connectivity index (χ1n) is 9.16. The molecule has 1 saturated heterocycles. The third-order valence-corrected chi connectivity index (χ3v) is 5.27. The Labute approximate surface area is 147 Å². The lowest BCUT2D eigenvalue weighted by Crippen LogP contribution is -2.48. The second-order valence-corrected chi connectivity index (χ2v) is 7.05. The summed E-state index contributed by atoms with van der Waals surface area (Å²) in [5, 5.41) is 4.12. The van der Waals surface area contributed by atoms with E-state index in [1.54, 1.807) is 16.7 Å². The van der Waals surface area contributed by atoms with Crippen LogP contribution in [0.4, 0.5) is 0 Å². The molecule has 0 unspecified atom stereocenters. The largest absolute Gasteiger partial charge is 0.338 e. The number of aromatic nitrogens is 3. The quantitative estimate of drug-likeness (QED) is 0.792. The molecule has 2 aliphatic rings. The van der Waals surface area contributed by atoms with E-state index in [2.05, 4.69) is 26.9 Å². The van der Waals surface area contributed by atoms with E-state index in [0.717, 1.165) is 51.0 Å². The highest BCUT2D eigenvalue weighted by molar-refractivity contribution is 5.05. The number of rotatable bonds is 6. The summed E-state index contributed by atoms with van der Waals surface area (Å²) in [5.41, 5.74) is 0.0672. The fourth-order valence-corrected chi connectivity index (χ4v) is 3.35. The van der Waals surface area contributed by atoms with E-state index in [4.69, 9.17) is 4.52 Å². The molecule has 7 heteroatoms. The maximum atomic E-state index is 11.8. The predicted molar refractivity (Wildman–Crippen MR) is 93.4 cm³/mol. The van der Waals surface area contributed by atoms with Crippen LogP contribution in [-0.4, -0.2) is 57.2 Å². The van der Waals surface area contributed by atoms with Crippen LogP contribution in [0.3, 0.4) is 0 Å². The summed E-state index contributed by atoms with van der Waals surface area (Å²) in [6.07, 6.45) is 4.24. The Hall–Kier alpha value is -1.99. The van der Waals surface area contributed by atoms with Gasteiger partial charge in [-0.05, 0) is 25.8 Å². The van der Waals surface area contributed by atoms with Crippen molar-refractivity contribution >= 4 is 0 Å². The summed E-state index contributed by atoms with van der Waals surface area (Å²) in [6, 6.07) is 5.46. The maximum absolute atomic E-state index is 11.8.